The Morgan fingerprint density at radius 3 is 1.42 bits per heavy atom. The fraction of sp³-hybridized carbons (Fsp3) is 0. The van der Waals surface area contributed by atoms with Crippen LogP contribution in [-0.2, 0) is 19.5 Å². The molecule has 13 heteroatoms. The van der Waals surface area contributed by atoms with Crippen LogP contribution in [0.4, 0.5) is 21.0 Å². The van der Waals surface area contributed by atoms with Crippen molar-refractivity contribution in [2.45, 2.75) is 0 Å². The van der Waals surface area contributed by atoms with Gasteiger partial charge in [-0.15, -0.1) is 0 Å². The summed E-state index contributed by atoms with van der Waals surface area (Å²) in [5.41, 5.74) is 1.42. The van der Waals surface area contributed by atoms with Crippen molar-refractivity contribution in [2.24, 2.45) is 9.98 Å². The summed E-state index contributed by atoms with van der Waals surface area (Å²) in [6, 6.07) is 17.4. The molecule has 2 aromatic heterocycles. The summed E-state index contributed by atoms with van der Waals surface area (Å²) in [7, 11) is 0. The summed E-state index contributed by atoms with van der Waals surface area (Å²) in [5, 5.41) is 12.4. The van der Waals surface area contributed by atoms with Crippen LogP contribution >= 0.6 is 23.1 Å². The SMILES string of the molecule is O=C(/N=c1/cn[n-]s1)Nc1ccccc1.O=C(/N=c1\cn[n-]s1)Nc1ccccc1.[Zn+2]. The second-order valence-electron chi connectivity index (χ2n) is 5.33. The third-order valence-electron chi connectivity index (χ3n) is 3.17. The molecule has 4 aromatic rings. The summed E-state index contributed by atoms with van der Waals surface area (Å²) < 4.78 is 8.18. The maximum absolute atomic E-state index is 11.4. The molecule has 2 heterocycles. The number of nitrogens with zero attached hydrogens (tertiary/aromatic N) is 6. The molecule has 0 saturated heterocycles. The minimum atomic E-state index is -0.424. The largest absolute Gasteiger partial charge is 2.00 e. The number of para-hydroxylation sites is 2. The predicted octanol–water partition coefficient (Wildman–Crippen LogP) is 2.46. The smallest absolute Gasteiger partial charge is 0.528 e. The summed E-state index contributed by atoms with van der Waals surface area (Å²) in [6.07, 6.45) is 2.88. The number of carbonyl (C=O) groups excluding carboxylic acids is 2. The van der Waals surface area contributed by atoms with Crippen molar-refractivity contribution < 1.29 is 29.1 Å². The van der Waals surface area contributed by atoms with E-state index in [4.69, 9.17) is 0 Å². The number of nitrogens with one attached hydrogen (secondary N) is 2. The number of rotatable bonds is 2. The quantitative estimate of drug-likeness (QED) is 0.403. The fourth-order valence-corrected chi connectivity index (χ4v) is 2.76. The van der Waals surface area contributed by atoms with Crippen LogP contribution in [0, 0.1) is 0 Å². The molecule has 4 amide bonds. The topological polar surface area (TPSA) is 137 Å². The standard InChI is InChI=1S/2C9H8N4OS.Zn/c2*14-9(12-8-6-10-13-15-8)11-7-4-2-1-3-5-7;/h2*1-6H,(H2,11,12,13,14);/q;;+2/p-2. The van der Waals surface area contributed by atoms with E-state index in [-0.39, 0.29) is 19.5 Å². The van der Waals surface area contributed by atoms with Crippen LogP contribution in [-0.4, -0.2) is 22.3 Å². The van der Waals surface area contributed by atoms with Crippen molar-refractivity contribution in [1.82, 2.24) is 19.2 Å². The molecule has 0 atom stereocenters. The van der Waals surface area contributed by atoms with Gasteiger partial charge in [0.1, 0.15) is 9.34 Å². The van der Waals surface area contributed by atoms with Crippen molar-refractivity contribution in [3.63, 3.8) is 0 Å². The molecule has 31 heavy (non-hydrogen) atoms. The first-order valence-corrected chi connectivity index (χ1v) is 9.94. The molecule has 0 bridgehead atoms. The molecule has 0 aliphatic rings. The first kappa shape index (κ1) is 24.0. The van der Waals surface area contributed by atoms with E-state index in [0.29, 0.717) is 20.7 Å². The fourth-order valence-electron chi connectivity index (χ4n) is 1.97. The number of amides is 4. The van der Waals surface area contributed by atoms with E-state index in [1.807, 2.05) is 36.4 Å². The predicted molar refractivity (Wildman–Crippen MR) is 113 cm³/mol. The van der Waals surface area contributed by atoms with Crippen molar-refractivity contribution in [1.29, 1.82) is 0 Å². The Kier molecular flexibility index (Phi) is 10.1. The molecule has 10 nitrogen and oxygen atoms in total. The first-order chi connectivity index (χ1) is 14.7. The number of urea groups is 2. The van der Waals surface area contributed by atoms with Gasteiger partial charge < -0.3 is 29.8 Å². The average Bonchev–Trinajstić information content (AvgIpc) is 3.44. The maximum Gasteiger partial charge on any atom is 2.00 e. The molecule has 0 aliphatic carbocycles. The van der Waals surface area contributed by atoms with Crippen molar-refractivity contribution in [3.8, 4) is 0 Å². The number of benzene rings is 2. The number of anilines is 2. The zero-order valence-corrected chi connectivity index (χ0v) is 20.6. The molecule has 0 radical (unpaired) electrons. The van der Waals surface area contributed by atoms with Crippen LogP contribution < -0.4 is 29.0 Å². The Bertz CT molecular complexity index is 1070. The Morgan fingerprint density at radius 2 is 1.10 bits per heavy atom. The van der Waals surface area contributed by atoms with Crippen molar-refractivity contribution in [2.75, 3.05) is 10.6 Å². The van der Waals surface area contributed by atoms with Crippen LogP contribution in [0.25, 0.3) is 0 Å². The Hall–Kier alpha value is -3.28. The van der Waals surface area contributed by atoms with E-state index in [1.165, 1.54) is 12.4 Å². The molecule has 4 rings (SSSR count). The minimum Gasteiger partial charge on any atom is -0.528 e. The van der Waals surface area contributed by atoms with E-state index in [0.717, 1.165) is 23.1 Å². The maximum atomic E-state index is 11.4. The van der Waals surface area contributed by atoms with E-state index in [1.54, 1.807) is 24.3 Å². The normalized spacial score (nSPS) is 11.0. The van der Waals surface area contributed by atoms with E-state index < -0.39 is 12.1 Å². The second kappa shape index (κ2) is 13.1. The molecule has 0 unspecified atom stereocenters. The molecule has 2 aromatic carbocycles. The molecule has 0 saturated carbocycles. The number of hydrogen-bond donors (Lipinski definition) is 2. The summed E-state index contributed by atoms with van der Waals surface area (Å²) in [4.78, 5) is 30.2. The molecule has 2 N–H and O–H groups in total. The Morgan fingerprint density at radius 1 is 0.710 bits per heavy atom. The monoisotopic (exact) mass is 502 g/mol. The average molecular weight is 504 g/mol. The van der Waals surface area contributed by atoms with Crippen LogP contribution in [0.15, 0.2) is 83.0 Å². The van der Waals surface area contributed by atoms with Crippen LogP contribution in [0.1, 0.15) is 0 Å². The Labute approximate surface area is 197 Å². The van der Waals surface area contributed by atoms with Gasteiger partial charge in [-0.3, -0.25) is 0 Å². The van der Waals surface area contributed by atoms with Gasteiger partial charge in [0.15, 0.2) is 0 Å². The summed E-state index contributed by atoms with van der Waals surface area (Å²) in [5.74, 6) is 0. The number of carbonyl (C=O) groups is 2. The zero-order chi connectivity index (χ0) is 21.0. The van der Waals surface area contributed by atoms with Gasteiger partial charge in [0.05, 0.1) is 0 Å². The van der Waals surface area contributed by atoms with Gasteiger partial charge in [-0.1, -0.05) is 36.4 Å². The van der Waals surface area contributed by atoms with Crippen LogP contribution in [0.2, 0.25) is 0 Å². The second-order valence-corrected chi connectivity index (χ2v) is 6.86. The van der Waals surface area contributed by atoms with E-state index >= 15 is 0 Å². The van der Waals surface area contributed by atoms with Crippen LogP contribution in [0.3, 0.4) is 0 Å². The van der Waals surface area contributed by atoms with Gasteiger partial charge in [0.25, 0.3) is 0 Å². The van der Waals surface area contributed by atoms with Crippen molar-refractivity contribution >= 4 is 46.5 Å². The van der Waals surface area contributed by atoms with Gasteiger partial charge in [-0.2, -0.15) is 9.98 Å². The van der Waals surface area contributed by atoms with E-state index in [9.17, 15) is 9.59 Å². The molecular formula is C18H14N8O2S2Zn. The van der Waals surface area contributed by atoms with Crippen molar-refractivity contribution in [3.05, 3.63) is 82.4 Å². The van der Waals surface area contributed by atoms with E-state index in [2.05, 4.69) is 39.8 Å². The number of hydrogen-bond acceptors (Lipinski definition) is 6. The van der Waals surface area contributed by atoms with Crippen LogP contribution in [0.5, 0.6) is 0 Å². The first-order valence-electron chi connectivity index (χ1n) is 8.39. The third kappa shape index (κ3) is 8.95. The number of aromatic nitrogens is 4. The minimum absolute atomic E-state index is 0. The summed E-state index contributed by atoms with van der Waals surface area (Å²) >= 11 is 2.15. The zero-order valence-electron chi connectivity index (χ0n) is 16.0. The van der Waals surface area contributed by atoms with Gasteiger partial charge in [0, 0.05) is 23.8 Å². The van der Waals surface area contributed by atoms with Gasteiger partial charge in [-0.05, 0) is 24.3 Å². The molecular weight excluding hydrogens is 490 g/mol. The Balaban J connectivity index is 0.000000213. The molecule has 0 spiro atoms. The molecule has 0 aliphatic heterocycles. The van der Waals surface area contributed by atoms with Gasteiger partial charge >= 0.3 is 31.5 Å². The molecule has 152 valence electrons. The van der Waals surface area contributed by atoms with Gasteiger partial charge in [-0.25, -0.2) is 32.7 Å². The molecule has 0 fully saturated rings. The third-order valence-corrected chi connectivity index (χ3v) is 4.29. The van der Waals surface area contributed by atoms with Gasteiger partial charge in [0.2, 0.25) is 0 Å². The summed E-state index contributed by atoms with van der Waals surface area (Å²) in [6.45, 7) is 0.